The van der Waals surface area contributed by atoms with Gasteiger partial charge in [0.15, 0.2) is 0 Å². The Kier molecular flexibility index (Phi) is 3.08. The summed E-state index contributed by atoms with van der Waals surface area (Å²) in [6.45, 7) is -0.437. The van der Waals surface area contributed by atoms with E-state index in [0.717, 1.165) is 16.6 Å². The molecule has 0 spiro atoms. The maximum Gasteiger partial charge on any atom is 0.115 e. The van der Waals surface area contributed by atoms with Crippen LogP contribution in [-0.2, 0) is 6.67 Å². The predicted octanol–water partition coefficient (Wildman–Crippen LogP) is 5.52. The van der Waals surface area contributed by atoms with Gasteiger partial charge in [0, 0.05) is 17.1 Å². The van der Waals surface area contributed by atoms with Gasteiger partial charge < -0.3 is 0 Å². The van der Waals surface area contributed by atoms with Crippen molar-refractivity contribution < 1.29 is 4.39 Å². The molecule has 0 unspecified atom stereocenters. The molecule has 0 atom stereocenters. The van der Waals surface area contributed by atoms with E-state index in [2.05, 4.69) is 41.4 Å². The minimum atomic E-state index is -0.437. The van der Waals surface area contributed by atoms with Crippen LogP contribution in [0.1, 0.15) is 5.56 Å². The summed E-state index contributed by atoms with van der Waals surface area (Å²) in [5.74, 6) is 0. The second kappa shape index (κ2) is 5.23. The molecule has 1 aromatic heterocycles. The van der Waals surface area contributed by atoms with Crippen LogP contribution in [0.4, 0.5) is 4.39 Å². The van der Waals surface area contributed by atoms with Crippen molar-refractivity contribution in [1.29, 1.82) is 0 Å². The van der Waals surface area contributed by atoms with Crippen LogP contribution in [0, 0.1) is 0 Å². The molecule has 2 heteroatoms. The van der Waals surface area contributed by atoms with Crippen molar-refractivity contribution in [3.8, 4) is 11.3 Å². The van der Waals surface area contributed by atoms with Gasteiger partial charge in [0.25, 0.3) is 0 Å². The van der Waals surface area contributed by atoms with Crippen molar-refractivity contribution in [2.24, 2.45) is 0 Å². The quantitative estimate of drug-likeness (QED) is 0.442. The lowest BCUT2D eigenvalue weighted by molar-refractivity contribution is 0.485. The molecule has 0 N–H and O–H groups in total. The number of benzene rings is 3. The van der Waals surface area contributed by atoms with Gasteiger partial charge in [0.2, 0.25) is 0 Å². The topological polar surface area (TPSA) is 12.9 Å². The Morgan fingerprint density at radius 1 is 0.727 bits per heavy atom. The average Bonchev–Trinajstić information content (AvgIpc) is 2.61. The second-order valence-electron chi connectivity index (χ2n) is 5.37. The summed E-state index contributed by atoms with van der Waals surface area (Å²) in [7, 11) is 0. The molecule has 0 aliphatic carbocycles. The standard InChI is InChI=1S/C20H14FN/c21-13-14-5-7-16(8-6-14)20-19-10-9-15-3-1-2-4-17(15)18(19)11-12-22-20/h1-12H,13H2. The van der Waals surface area contributed by atoms with Crippen LogP contribution in [0.2, 0.25) is 0 Å². The van der Waals surface area contributed by atoms with Gasteiger partial charge in [0.1, 0.15) is 6.67 Å². The summed E-state index contributed by atoms with van der Waals surface area (Å²) in [5.41, 5.74) is 2.64. The number of hydrogen-bond donors (Lipinski definition) is 0. The van der Waals surface area contributed by atoms with E-state index in [4.69, 9.17) is 0 Å². The molecule has 0 saturated carbocycles. The zero-order valence-corrected chi connectivity index (χ0v) is 12.0. The Hall–Kier alpha value is -2.74. The highest BCUT2D eigenvalue weighted by Crippen LogP contribution is 2.31. The summed E-state index contributed by atoms with van der Waals surface area (Å²) >= 11 is 0. The smallest absolute Gasteiger partial charge is 0.115 e. The Morgan fingerprint density at radius 3 is 2.36 bits per heavy atom. The van der Waals surface area contributed by atoms with Gasteiger partial charge in [-0.15, -0.1) is 0 Å². The monoisotopic (exact) mass is 287 g/mol. The van der Waals surface area contributed by atoms with Gasteiger partial charge in [-0.2, -0.15) is 0 Å². The lowest BCUT2D eigenvalue weighted by atomic mass is 9.98. The first kappa shape index (κ1) is 13.0. The normalized spacial score (nSPS) is 11.1. The van der Waals surface area contributed by atoms with Gasteiger partial charge in [-0.1, -0.05) is 60.7 Å². The molecule has 4 rings (SSSR count). The van der Waals surface area contributed by atoms with Crippen molar-refractivity contribution in [3.05, 3.63) is 78.5 Å². The van der Waals surface area contributed by atoms with E-state index in [9.17, 15) is 4.39 Å². The number of halogens is 1. The molecule has 0 bridgehead atoms. The van der Waals surface area contributed by atoms with Gasteiger partial charge in [-0.05, 0) is 27.8 Å². The zero-order valence-electron chi connectivity index (χ0n) is 12.0. The Morgan fingerprint density at radius 2 is 1.55 bits per heavy atom. The minimum absolute atomic E-state index is 0.437. The molecule has 0 aliphatic rings. The first-order valence-electron chi connectivity index (χ1n) is 7.28. The molecule has 1 heterocycles. The first-order chi connectivity index (χ1) is 10.9. The summed E-state index contributed by atoms with van der Waals surface area (Å²) in [4.78, 5) is 4.55. The molecule has 106 valence electrons. The second-order valence-corrected chi connectivity index (χ2v) is 5.37. The Bertz CT molecular complexity index is 958. The summed E-state index contributed by atoms with van der Waals surface area (Å²) in [6.07, 6.45) is 1.84. The number of rotatable bonds is 2. The molecule has 1 nitrogen and oxygen atoms in total. The van der Waals surface area contributed by atoms with Crippen LogP contribution in [0.5, 0.6) is 0 Å². The third-order valence-corrected chi connectivity index (χ3v) is 4.05. The van der Waals surface area contributed by atoms with Crippen LogP contribution in [0.3, 0.4) is 0 Å². The molecule has 4 aromatic rings. The van der Waals surface area contributed by atoms with E-state index >= 15 is 0 Å². The summed E-state index contributed by atoms with van der Waals surface area (Å²) < 4.78 is 12.7. The van der Waals surface area contributed by atoms with Crippen LogP contribution in [0.25, 0.3) is 32.8 Å². The number of nitrogens with zero attached hydrogens (tertiary/aromatic N) is 1. The fourth-order valence-corrected chi connectivity index (χ4v) is 2.92. The predicted molar refractivity (Wildman–Crippen MR) is 89.5 cm³/mol. The fourth-order valence-electron chi connectivity index (χ4n) is 2.92. The number of aromatic nitrogens is 1. The van der Waals surface area contributed by atoms with Crippen LogP contribution < -0.4 is 0 Å². The molecule has 22 heavy (non-hydrogen) atoms. The number of fused-ring (bicyclic) bond motifs is 3. The van der Waals surface area contributed by atoms with Crippen LogP contribution in [-0.4, -0.2) is 4.98 Å². The van der Waals surface area contributed by atoms with Crippen molar-refractivity contribution in [2.75, 3.05) is 0 Å². The number of hydrogen-bond acceptors (Lipinski definition) is 1. The summed E-state index contributed by atoms with van der Waals surface area (Å²) in [6, 6.07) is 22.1. The van der Waals surface area contributed by atoms with Crippen LogP contribution >= 0.6 is 0 Å². The van der Waals surface area contributed by atoms with Gasteiger partial charge >= 0.3 is 0 Å². The number of alkyl halides is 1. The zero-order chi connectivity index (χ0) is 14.9. The molecule has 0 aliphatic heterocycles. The third-order valence-electron chi connectivity index (χ3n) is 4.05. The Labute approximate surface area is 128 Å². The van der Waals surface area contributed by atoms with E-state index in [1.54, 1.807) is 0 Å². The van der Waals surface area contributed by atoms with E-state index in [1.165, 1.54) is 16.2 Å². The maximum atomic E-state index is 12.7. The maximum absolute atomic E-state index is 12.7. The highest BCUT2D eigenvalue weighted by molar-refractivity contribution is 6.11. The van der Waals surface area contributed by atoms with E-state index in [-0.39, 0.29) is 0 Å². The van der Waals surface area contributed by atoms with Gasteiger partial charge in [-0.25, -0.2) is 4.39 Å². The minimum Gasteiger partial charge on any atom is -0.256 e. The Balaban J connectivity index is 1.99. The number of pyridine rings is 1. The van der Waals surface area contributed by atoms with E-state index < -0.39 is 6.67 Å². The largest absolute Gasteiger partial charge is 0.256 e. The lowest BCUT2D eigenvalue weighted by Gasteiger charge is -2.09. The van der Waals surface area contributed by atoms with Crippen molar-refractivity contribution in [3.63, 3.8) is 0 Å². The highest BCUT2D eigenvalue weighted by Gasteiger charge is 2.07. The van der Waals surface area contributed by atoms with E-state index in [0.29, 0.717) is 5.56 Å². The molecule has 0 amide bonds. The van der Waals surface area contributed by atoms with E-state index in [1.807, 2.05) is 36.5 Å². The third kappa shape index (κ3) is 2.04. The molecule has 0 fully saturated rings. The molecule has 0 saturated heterocycles. The molecular weight excluding hydrogens is 273 g/mol. The van der Waals surface area contributed by atoms with Gasteiger partial charge in [0.05, 0.1) is 5.69 Å². The average molecular weight is 287 g/mol. The summed E-state index contributed by atoms with van der Waals surface area (Å²) in [5, 5.41) is 4.76. The first-order valence-corrected chi connectivity index (χ1v) is 7.28. The molecule has 3 aromatic carbocycles. The van der Waals surface area contributed by atoms with Gasteiger partial charge in [-0.3, -0.25) is 4.98 Å². The van der Waals surface area contributed by atoms with Crippen molar-refractivity contribution >= 4 is 21.5 Å². The lowest BCUT2D eigenvalue weighted by Crippen LogP contribution is -1.88. The molecule has 0 radical (unpaired) electrons. The SMILES string of the molecule is FCc1ccc(-c2nccc3c2ccc2ccccc23)cc1. The fraction of sp³-hybridized carbons (Fsp3) is 0.0500. The van der Waals surface area contributed by atoms with Crippen molar-refractivity contribution in [1.82, 2.24) is 4.98 Å². The van der Waals surface area contributed by atoms with Crippen molar-refractivity contribution in [2.45, 2.75) is 6.67 Å². The highest BCUT2D eigenvalue weighted by atomic mass is 19.1. The molecular formula is C20H14FN. The van der Waals surface area contributed by atoms with Crippen LogP contribution in [0.15, 0.2) is 72.9 Å².